The van der Waals surface area contributed by atoms with Crippen LogP contribution < -0.4 is 10.1 Å². The molecule has 2 aromatic rings. The van der Waals surface area contributed by atoms with E-state index in [0.717, 1.165) is 43.2 Å². The molecule has 4 aliphatic rings. The van der Waals surface area contributed by atoms with Gasteiger partial charge in [-0.3, -0.25) is 19.3 Å². The summed E-state index contributed by atoms with van der Waals surface area (Å²) in [6.07, 6.45) is 8.75. The largest absolute Gasteiger partial charge is 0.497 e. The number of ether oxygens (including phenoxy) is 1. The van der Waals surface area contributed by atoms with Gasteiger partial charge < -0.3 is 15.0 Å². The quantitative estimate of drug-likeness (QED) is 0.683. The monoisotopic (exact) mass is 471 g/mol. The van der Waals surface area contributed by atoms with Crippen molar-refractivity contribution in [2.75, 3.05) is 12.4 Å². The first-order chi connectivity index (χ1) is 17.1. The number of carbonyl (C=O) groups excluding carboxylic acids is 3. The second-order valence-corrected chi connectivity index (χ2v) is 9.89. The Balaban J connectivity index is 1.38. The van der Waals surface area contributed by atoms with Crippen LogP contribution in [-0.4, -0.2) is 46.7 Å². The Hall–Kier alpha value is -3.61. The minimum Gasteiger partial charge on any atom is -0.497 e. The predicted molar refractivity (Wildman–Crippen MR) is 131 cm³/mol. The van der Waals surface area contributed by atoms with Crippen LogP contribution >= 0.6 is 0 Å². The Labute approximate surface area is 204 Å². The van der Waals surface area contributed by atoms with Crippen LogP contribution in [0.25, 0.3) is 6.08 Å². The molecule has 7 nitrogen and oxygen atoms in total. The third-order valence-corrected chi connectivity index (χ3v) is 8.06. The summed E-state index contributed by atoms with van der Waals surface area (Å²) in [4.78, 5) is 44.9. The number of methoxy groups -OCH3 is 1. The Kier molecular flexibility index (Phi) is 5.35. The SMILES string of the molecule is COc1ccc(NC(=O)[C@@H]2[C@@H]3C(=O)N(C4CCCCC4)C(=O)[C@@H]3[C@@H]3c4ccccc4C=CN23)cc1. The van der Waals surface area contributed by atoms with Crippen LogP contribution in [0, 0.1) is 11.8 Å². The van der Waals surface area contributed by atoms with E-state index in [-0.39, 0.29) is 29.8 Å². The third-order valence-electron chi connectivity index (χ3n) is 8.06. The average molecular weight is 472 g/mol. The van der Waals surface area contributed by atoms with Crippen molar-refractivity contribution >= 4 is 29.5 Å². The molecule has 2 aromatic carbocycles. The summed E-state index contributed by atoms with van der Waals surface area (Å²) in [5.74, 6) is -1.16. The normalized spacial score (nSPS) is 27.5. The van der Waals surface area contributed by atoms with Crippen molar-refractivity contribution in [2.24, 2.45) is 11.8 Å². The summed E-state index contributed by atoms with van der Waals surface area (Å²) < 4.78 is 5.21. The second-order valence-electron chi connectivity index (χ2n) is 9.89. The molecule has 1 saturated carbocycles. The molecular weight excluding hydrogens is 442 g/mol. The Bertz CT molecular complexity index is 1200. The van der Waals surface area contributed by atoms with Gasteiger partial charge in [0.15, 0.2) is 0 Å². The smallest absolute Gasteiger partial charge is 0.247 e. The van der Waals surface area contributed by atoms with Gasteiger partial charge in [-0.15, -0.1) is 0 Å². The van der Waals surface area contributed by atoms with Gasteiger partial charge in [0.05, 0.1) is 25.0 Å². The van der Waals surface area contributed by atoms with E-state index >= 15 is 0 Å². The van der Waals surface area contributed by atoms with E-state index in [9.17, 15) is 14.4 Å². The highest BCUT2D eigenvalue weighted by Crippen LogP contribution is 2.53. The zero-order valence-corrected chi connectivity index (χ0v) is 19.7. The molecule has 0 unspecified atom stereocenters. The van der Waals surface area contributed by atoms with Gasteiger partial charge >= 0.3 is 0 Å². The maximum Gasteiger partial charge on any atom is 0.247 e. The van der Waals surface area contributed by atoms with Crippen molar-refractivity contribution in [3.05, 3.63) is 65.9 Å². The van der Waals surface area contributed by atoms with Crippen LogP contribution in [-0.2, 0) is 14.4 Å². The highest BCUT2D eigenvalue weighted by atomic mass is 16.5. The molecule has 3 heterocycles. The maximum absolute atomic E-state index is 13.9. The number of carbonyl (C=O) groups is 3. The first-order valence-corrected chi connectivity index (χ1v) is 12.4. The lowest BCUT2D eigenvalue weighted by Gasteiger charge is -2.37. The second kappa shape index (κ2) is 8.56. The molecule has 0 aromatic heterocycles. The van der Waals surface area contributed by atoms with Crippen LogP contribution in [0.3, 0.4) is 0 Å². The van der Waals surface area contributed by atoms with E-state index in [4.69, 9.17) is 4.74 Å². The van der Waals surface area contributed by atoms with Crippen LogP contribution in [0.15, 0.2) is 54.7 Å². The van der Waals surface area contributed by atoms with Crippen molar-refractivity contribution in [3.8, 4) is 5.75 Å². The number of hydrogen-bond donors (Lipinski definition) is 1. The molecule has 0 spiro atoms. The lowest BCUT2D eigenvalue weighted by molar-refractivity contribution is -0.146. The van der Waals surface area contributed by atoms with Crippen LogP contribution in [0.1, 0.15) is 49.3 Å². The molecule has 3 amide bonds. The van der Waals surface area contributed by atoms with Gasteiger partial charge in [-0.1, -0.05) is 43.5 Å². The maximum atomic E-state index is 13.9. The molecule has 7 heteroatoms. The third kappa shape index (κ3) is 3.44. The van der Waals surface area contributed by atoms with E-state index < -0.39 is 17.9 Å². The van der Waals surface area contributed by atoms with Crippen molar-refractivity contribution in [3.63, 3.8) is 0 Å². The summed E-state index contributed by atoms with van der Waals surface area (Å²) in [5, 5.41) is 2.98. The number of likely N-dealkylation sites (tertiary alicyclic amines) is 1. The fourth-order valence-electron chi connectivity index (χ4n) is 6.47. The van der Waals surface area contributed by atoms with Crippen molar-refractivity contribution in [2.45, 2.75) is 50.2 Å². The Morgan fingerprint density at radius 2 is 1.66 bits per heavy atom. The van der Waals surface area contributed by atoms with Crippen LogP contribution in [0.4, 0.5) is 5.69 Å². The number of anilines is 1. The molecular formula is C28H29N3O4. The molecule has 3 fully saturated rings. The minimum absolute atomic E-state index is 0.0533. The van der Waals surface area contributed by atoms with Gasteiger partial charge in [-0.05, 0) is 54.3 Å². The number of rotatable bonds is 4. The van der Waals surface area contributed by atoms with Crippen molar-refractivity contribution in [1.82, 2.24) is 9.80 Å². The lowest BCUT2D eigenvalue weighted by Crippen LogP contribution is -2.49. The number of hydrogen-bond acceptors (Lipinski definition) is 5. The van der Waals surface area contributed by atoms with Crippen molar-refractivity contribution < 1.29 is 19.1 Å². The molecule has 6 rings (SSSR count). The molecule has 0 bridgehead atoms. The highest BCUT2D eigenvalue weighted by Gasteiger charge is 2.65. The Morgan fingerprint density at radius 3 is 2.40 bits per heavy atom. The molecule has 1 aliphatic carbocycles. The molecule has 3 aliphatic heterocycles. The lowest BCUT2D eigenvalue weighted by atomic mass is 9.84. The molecule has 4 atom stereocenters. The first kappa shape index (κ1) is 21.9. The first-order valence-electron chi connectivity index (χ1n) is 12.4. The summed E-state index contributed by atoms with van der Waals surface area (Å²) in [6.45, 7) is 0. The average Bonchev–Trinajstić information content (AvgIpc) is 3.37. The predicted octanol–water partition coefficient (Wildman–Crippen LogP) is 3.98. The van der Waals surface area contributed by atoms with Crippen LogP contribution in [0.5, 0.6) is 5.75 Å². The van der Waals surface area contributed by atoms with Gasteiger partial charge in [0.2, 0.25) is 17.7 Å². The van der Waals surface area contributed by atoms with Crippen LogP contribution in [0.2, 0.25) is 0 Å². The molecule has 180 valence electrons. The summed E-state index contributed by atoms with van der Waals surface area (Å²) in [5.41, 5.74) is 2.65. The minimum atomic E-state index is -0.762. The number of amides is 3. The number of nitrogens with one attached hydrogen (secondary N) is 1. The van der Waals surface area contributed by atoms with Gasteiger partial charge in [0.25, 0.3) is 0 Å². The number of benzene rings is 2. The fourth-order valence-corrected chi connectivity index (χ4v) is 6.47. The number of fused-ring (bicyclic) bond motifs is 5. The van der Waals surface area contributed by atoms with E-state index in [1.165, 1.54) is 4.90 Å². The van der Waals surface area contributed by atoms with Gasteiger partial charge in [-0.25, -0.2) is 0 Å². The Morgan fingerprint density at radius 1 is 0.943 bits per heavy atom. The fraction of sp³-hybridized carbons (Fsp3) is 0.393. The van der Waals surface area contributed by atoms with E-state index in [1.807, 2.05) is 41.4 Å². The molecule has 1 N–H and O–H groups in total. The van der Waals surface area contributed by atoms with Gasteiger partial charge in [0.1, 0.15) is 11.8 Å². The topological polar surface area (TPSA) is 79.0 Å². The summed E-state index contributed by atoms with van der Waals surface area (Å²) >= 11 is 0. The number of nitrogens with zero attached hydrogens (tertiary/aromatic N) is 2. The molecule has 0 radical (unpaired) electrons. The van der Waals surface area contributed by atoms with Crippen molar-refractivity contribution in [1.29, 1.82) is 0 Å². The molecule has 2 saturated heterocycles. The zero-order valence-electron chi connectivity index (χ0n) is 19.7. The van der Waals surface area contributed by atoms with E-state index in [0.29, 0.717) is 11.4 Å². The summed E-state index contributed by atoms with van der Waals surface area (Å²) in [6, 6.07) is 13.9. The molecule has 35 heavy (non-hydrogen) atoms. The van der Waals surface area contributed by atoms with Gasteiger partial charge in [-0.2, -0.15) is 0 Å². The van der Waals surface area contributed by atoms with E-state index in [2.05, 4.69) is 5.32 Å². The highest BCUT2D eigenvalue weighted by molar-refractivity contribution is 6.10. The van der Waals surface area contributed by atoms with Gasteiger partial charge in [0, 0.05) is 17.9 Å². The number of imide groups is 1. The van der Waals surface area contributed by atoms with E-state index in [1.54, 1.807) is 31.4 Å². The zero-order chi connectivity index (χ0) is 24.1. The summed E-state index contributed by atoms with van der Waals surface area (Å²) in [7, 11) is 1.59. The standard InChI is InChI=1S/C28H29N3O4/c1-35-20-13-11-18(12-14-20)29-26(32)25-23-22(24-21-10-6-5-7-17(21)15-16-30(24)25)27(33)31(28(23)34)19-8-3-2-4-9-19/h5-7,10-16,19,22-25H,2-4,8-9H2,1H3,(H,29,32)/t22-,23+,24-,25-/m0/s1.